The number of amides is 1. The van der Waals surface area contributed by atoms with Crippen LogP contribution in [0, 0.1) is 6.92 Å². The van der Waals surface area contributed by atoms with Gasteiger partial charge >= 0.3 is 0 Å². The molecule has 0 spiro atoms. The molecule has 1 aromatic carbocycles. The lowest BCUT2D eigenvalue weighted by molar-refractivity contribution is 0.102. The zero-order chi connectivity index (χ0) is 24.0. The van der Waals surface area contributed by atoms with E-state index >= 15 is 0 Å². The van der Waals surface area contributed by atoms with E-state index < -0.39 is 0 Å². The van der Waals surface area contributed by atoms with Gasteiger partial charge in [0.05, 0.1) is 28.8 Å². The Morgan fingerprint density at radius 3 is 2.49 bits per heavy atom. The van der Waals surface area contributed by atoms with Crippen LogP contribution in [-0.2, 0) is 6.42 Å². The number of rotatable bonds is 7. The van der Waals surface area contributed by atoms with Crippen LogP contribution in [0.3, 0.4) is 0 Å². The molecule has 1 amide bonds. The van der Waals surface area contributed by atoms with Crippen LogP contribution in [0.4, 0.5) is 11.4 Å². The summed E-state index contributed by atoms with van der Waals surface area (Å²) in [4.78, 5) is 26.4. The van der Waals surface area contributed by atoms with Crippen LogP contribution < -0.4 is 10.2 Å². The number of para-hydroxylation sites is 2. The van der Waals surface area contributed by atoms with Crippen molar-refractivity contribution >= 4 is 17.3 Å². The number of carbonyl (C=O) groups excluding carboxylic acids is 1. The van der Waals surface area contributed by atoms with Gasteiger partial charge in [0.1, 0.15) is 0 Å². The van der Waals surface area contributed by atoms with Crippen molar-refractivity contribution in [2.75, 3.05) is 42.9 Å². The highest BCUT2D eigenvalue weighted by molar-refractivity contribution is 6.06. The molecule has 8 nitrogen and oxygen atoms in total. The van der Waals surface area contributed by atoms with Gasteiger partial charge in [0, 0.05) is 51.3 Å². The molecule has 1 aliphatic rings. The number of nitrogens with zero attached hydrogens (tertiary/aromatic N) is 6. The van der Waals surface area contributed by atoms with Crippen LogP contribution in [0.25, 0.3) is 5.82 Å². The van der Waals surface area contributed by atoms with Gasteiger partial charge in [-0.2, -0.15) is 5.10 Å². The van der Waals surface area contributed by atoms with Gasteiger partial charge in [-0.05, 0) is 55.3 Å². The molecule has 4 heterocycles. The molecular formula is C27H29N7O. The molecule has 1 saturated heterocycles. The first-order chi connectivity index (χ1) is 17.2. The number of aromatic nitrogens is 4. The normalized spacial score (nSPS) is 14.1. The predicted molar refractivity (Wildman–Crippen MR) is 137 cm³/mol. The molecule has 0 bridgehead atoms. The highest BCUT2D eigenvalue weighted by atomic mass is 16.1. The molecule has 0 radical (unpaired) electrons. The number of anilines is 2. The lowest BCUT2D eigenvalue weighted by Crippen LogP contribution is -2.47. The summed E-state index contributed by atoms with van der Waals surface area (Å²) in [6.07, 6.45) is 8.04. The second-order valence-electron chi connectivity index (χ2n) is 8.65. The minimum absolute atomic E-state index is 0.173. The summed E-state index contributed by atoms with van der Waals surface area (Å²) in [6, 6.07) is 17.8. The molecule has 8 heteroatoms. The van der Waals surface area contributed by atoms with Gasteiger partial charge < -0.3 is 10.2 Å². The van der Waals surface area contributed by atoms with Crippen LogP contribution in [0.2, 0.25) is 0 Å². The summed E-state index contributed by atoms with van der Waals surface area (Å²) in [5.41, 5.74) is 4.46. The lowest BCUT2D eigenvalue weighted by atomic mass is 10.1. The number of piperazine rings is 1. The SMILES string of the molecule is Cc1c(C(=O)Nc2ccccc2N2CCN(CCc3ccncc3)CC2)cnn1-c1ccccn1. The second-order valence-corrected chi connectivity index (χ2v) is 8.65. The van der Waals surface area contributed by atoms with Crippen LogP contribution >= 0.6 is 0 Å². The van der Waals surface area contributed by atoms with Crippen molar-refractivity contribution < 1.29 is 4.79 Å². The van der Waals surface area contributed by atoms with Gasteiger partial charge in [-0.15, -0.1) is 0 Å². The van der Waals surface area contributed by atoms with E-state index in [1.165, 1.54) is 5.56 Å². The van der Waals surface area contributed by atoms with Gasteiger partial charge in [-0.25, -0.2) is 9.67 Å². The van der Waals surface area contributed by atoms with Crippen LogP contribution in [0.5, 0.6) is 0 Å². The van der Waals surface area contributed by atoms with Crippen LogP contribution in [-0.4, -0.2) is 63.3 Å². The molecule has 1 fully saturated rings. The average Bonchev–Trinajstić information content (AvgIpc) is 3.30. The first-order valence-electron chi connectivity index (χ1n) is 11.9. The molecule has 3 aromatic heterocycles. The summed E-state index contributed by atoms with van der Waals surface area (Å²) in [5.74, 6) is 0.513. The molecule has 178 valence electrons. The summed E-state index contributed by atoms with van der Waals surface area (Å²) in [7, 11) is 0. The number of hydrogen-bond acceptors (Lipinski definition) is 6. The quantitative estimate of drug-likeness (QED) is 0.448. The van der Waals surface area contributed by atoms with Crippen molar-refractivity contribution in [3.63, 3.8) is 0 Å². The molecule has 1 N–H and O–H groups in total. The third-order valence-electron chi connectivity index (χ3n) is 6.45. The highest BCUT2D eigenvalue weighted by Crippen LogP contribution is 2.27. The Morgan fingerprint density at radius 2 is 1.71 bits per heavy atom. The Labute approximate surface area is 205 Å². The maximum Gasteiger partial charge on any atom is 0.259 e. The molecule has 0 aliphatic carbocycles. The van der Waals surface area contributed by atoms with E-state index in [0.29, 0.717) is 11.4 Å². The Balaban J connectivity index is 1.23. The fourth-order valence-electron chi connectivity index (χ4n) is 4.44. The molecular weight excluding hydrogens is 438 g/mol. The Morgan fingerprint density at radius 1 is 0.943 bits per heavy atom. The topological polar surface area (TPSA) is 79.2 Å². The summed E-state index contributed by atoms with van der Waals surface area (Å²) in [6.45, 7) is 6.73. The number of benzene rings is 1. The molecule has 0 atom stereocenters. The van der Waals surface area contributed by atoms with Gasteiger partial charge in [0.15, 0.2) is 5.82 Å². The first-order valence-corrected chi connectivity index (χ1v) is 11.9. The van der Waals surface area contributed by atoms with Gasteiger partial charge in [-0.1, -0.05) is 18.2 Å². The third kappa shape index (κ3) is 5.22. The zero-order valence-electron chi connectivity index (χ0n) is 19.8. The van der Waals surface area contributed by atoms with E-state index in [4.69, 9.17) is 0 Å². The molecule has 1 aliphatic heterocycles. The van der Waals surface area contributed by atoms with E-state index in [-0.39, 0.29) is 5.91 Å². The van der Waals surface area contributed by atoms with Gasteiger partial charge in [0.25, 0.3) is 5.91 Å². The fourth-order valence-corrected chi connectivity index (χ4v) is 4.44. The fraction of sp³-hybridized carbons (Fsp3) is 0.259. The van der Waals surface area contributed by atoms with Gasteiger partial charge in [-0.3, -0.25) is 14.7 Å². The number of pyridine rings is 2. The third-order valence-corrected chi connectivity index (χ3v) is 6.45. The minimum Gasteiger partial charge on any atom is -0.367 e. The lowest BCUT2D eigenvalue weighted by Gasteiger charge is -2.37. The van der Waals surface area contributed by atoms with Crippen LogP contribution in [0.15, 0.2) is 79.4 Å². The smallest absolute Gasteiger partial charge is 0.259 e. The first kappa shape index (κ1) is 22.7. The van der Waals surface area contributed by atoms with Crippen molar-refractivity contribution in [2.45, 2.75) is 13.3 Å². The van der Waals surface area contributed by atoms with E-state index in [1.54, 1.807) is 17.1 Å². The summed E-state index contributed by atoms with van der Waals surface area (Å²) >= 11 is 0. The Bertz CT molecular complexity index is 1270. The van der Waals surface area contributed by atoms with Crippen molar-refractivity contribution in [2.24, 2.45) is 0 Å². The number of carbonyl (C=O) groups is 1. The largest absolute Gasteiger partial charge is 0.367 e. The Kier molecular flexibility index (Phi) is 6.81. The summed E-state index contributed by atoms with van der Waals surface area (Å²) < 4.78 is 1.69. The van der Waals surface area contributed by atoms with E-state index in [9.17, 15) is 4.79 Å². The van der Waals surface area contributed by atoms with Crippen LogP contribution in [0.1, 0.15) is 21.6 Å². The highest BCUT2D eigenvalue weighted by Gasteiger charge is 2.21. The predicted octanol–water partition coefficient (Wildman–Crippen LogP) is 3.59. The van der Waals surface area contributed by atoms with Crippen molar-refractivity contribution in [1.82, 2.24) is 24.6 Å². The van der Waals surface area contributed by atoms with Gasteiger partial charge in [0.2, 0.25) is 0 Å². The molecule has 35 heavy (non-hydrogen) atoms. The standard InChI is InChI=1S/C27H29N7O/c1-21-23(20-30-34(21)26-8-4-5-12-29-26)27(35)31-24-6-2-3-7-25(24)33-18-16-32(17-19-33)15-11-22-9-13-28-14-10-22/h2-10,12-14,20H,11,15-19H2,1H3,(H,31,35). The molecule has 0 saturated carbocycles. The van der Waals surface area contributed by atoms with E-state index in [2.05, 4.69) is 48.4 Å². The zero-order valence-corrected chi connectivity index (χ0v) is 19.8. The maximum atomic E-state index is 13.2. The van der Waals surface area contributed by atoms with E-state index in [1.807, 2.05) is 55.7 Å². The monoisotopic (exact) mass is 467 g/mol. The molecule has 4 aromatic rings. The Hall–Kier alpha value is -4.04. The molecule has 5 rings (SSSR count). The average molecular weight is 468 g/mol. The van der Waals surface area contributed by atoms with Crippen molar-refractivity contribution in [3.8, 4) is 5.82 Å². The maximum absolute atomic E-state index is 13.2. The van der Waals surface area contributed by atoms with Crippen molar-refractivity contribution in [1.29, 1.82) is 0 Å². The van der Waals surface area contributed by atoms with Crippen molar-refractivity contribution in [3.05, 3.63) is 96.2 Å². The molecule has 0 unspecified atom stereocenters. The number of nitrogens with one attached hydrogen (secondary N) is 1. The summed E-state index contributed by atoms with van der Waals surface area (Å²) in [5, 5.41) is 7.50. The minimum atomic E-state index is -0.173. The second kappa shape index (κ2) is 10.5. The number of hydrogen-bond donors (Lipinski definition) is 1. The van der Waals surface area contributed by atoms with E-state index in [0.717, 1.165) is 56.2 Å².